The lowest BCUT2D eigenvalue weighted by atomic mass is 10.1. The summed E-state index contributed by atoms with van der Waals surface area (Å²) in [5.74, 6) is 0.624. The molecule has 0 aliphatic rings. The number of carbonyl (C=O) groups is 2. The lowest BCUT2D eigenvalue weighted by molar-refractivity contribution is -0.113. The molecule has 2 amide bonds. The molecule has 0 radical (unpaired) electrons. The number of hydrogen-bond acceptors (Lipinski definition) is 5. The maximum absolute atomic E-state index is 12.4. The Morgan fingerprint density at radius 2 is 1.87 bits per heavy atom. The molecular formula is C22H25N5O2S. The van der Waals surface area contributed by atoms with Crippen molar-refractivity contribution in [2.75, 3.05) is 11.1 Å². The van der Waals surface area contributed by atoms with Gasteiger partial charge in [-0.05, 0) is 50.1 Å². The maximum atomic E-state index is 12.4. The summed E-state index contributed by atoms with van der Waals surface area (Å²) in [7, 11) is 0. The van der Waals surface area contributed by atoms with Crippen LogP contribution in [0.4, 0.5) is 5.69 Å². The van der Waals surface area contributed by atoms with Crippen molar-refractivity contribution in [2.45, 2.75) is 39.0 Å². The van der Waals surface area contributed by atoms with Crippen molar-refractivity contribution >= 4 is 29.3 Å². The Bertz CT molecular complexity index is 1050. The average Bonchev–Trinajstić information content (AvgIpc) is 3.12. The van der Waals surface area contributed by atoms with E-state index in [0.29, 0.717) is 23.1 Å². The number of rotatable bonds is 8. The Hall–Kier alpha value is -3.13. The van der Waals surface area contributed by atoms with Crippen LogP contribution in [0.25, 0.3) is 0 Å². The summed E-state index contributed by atoms with van der Waals surface area (Å²) in [6.07, 6.45) is 0. The zero-order valence-electron chi connectivity index (χ0n) is 17.3. The number of anilines is 1. The van der Waals surface area contributed by atoms with E-state index >= 15 is 0 Å². The molecule has 0 saturated carbocycles. The molecule has 7 nitrogen and oxygen atoms in total. The monoisotopic (exact) mass is 423 g/mol. The minimum absolute atomic E-state index is 0.106. The maximum Gasteiger partial charge on any atom is 0.251 e. The van der Waals surface area contributed by atoms with Gasteiger partial charge in [-0.3, -0.25) is 9.59 Å². The topological polar surface area (TPSA) is 88.9 Å². The second kappa shape index (κ2) is 10.1. The highest BCUT2D eigenvalue weighted by molar-refractivity contribution is 7.99. The van der Waals surface area contributed by atoms with Gasteiger partial charge in [-0.25, -0.2) is 0 Å². The van der Waals surface area contributed by atoms with Gasteiger partial charge < -0.3 is 15.2 Å². The van der Waals surface area contributed by atoms with E-state index in [4.69, 9.17) is 0 Å². The lowest BCUT2D eigenvalue weighted by Crippen LogP contribution is -2.25. The number of hydrogen-bond donors (Lipinski definition) is 2. The third-order valence-electron chi connectivity index (χ3n) is 4.54. The molecule has 2 N–H and O–H groups in total. The molecule has 30 heavy (non-hydrogen) atoms. The number of nitrogens with one attached hydrogen (secondary N) is 2. The van der Waals surface area contributed by atoms with Crippen LogP contribution < -0.4 is 10.6 Å². The van der Waals surface area contributed by atoms with Gasteiger partial charge in [-0.2, -0.15) is 0 Å². The zero-order valence-corrected chi connectivity index (χ0v) is 18.1. The molecule has 0 bridgehead atoms. The number of thioether (sulfide) groups is 1. The number of benzene rings is 2. The van der Waals surface area contributed by atoms with E-state index < -0.39 is 0 Å². The first-order valence-corrected chi connectivity index (χ1v) is 10.7. The van der Waals surface area contributed by atoms with Crippen molar-refractivity contribution in [3.8, 4) is 0 Å². The van der Waals surface area contributed by atoms with Crippen LogP contribution in [0.3, 0.4) is 0 Å². The van der Waals surface area contributed by atoms with Crippen LogP contribution in [-0.2, 0) is 17.9 Å². The van der Waals surface area contributed by atoms with Gasteiger partial charge in [-0.1, -0.05) is 42.1 Å². The van der Waals surface area contributed by atoms with Gasteiger partial charge in [0.1, 0.15) is 0 Å². The van der Waals surface area contributed by atoms with Crippen LogP contribution in [0.15, 0.2) is 53.7 Å². The van der Waals surface area contributed by atoms with Crippen LogP contribution in [0.5, 0.6) is 0 Å². The fourth-order valence-electron chi connectivity index (χ4n) is 3.01. The highest BCUT2D eigenvalue weighted by Crippen LogP contribution is 2.18. The highest BCUT2D eigenvalue weighted by atomic mass is 32.2. The minimum atomic E-state index is -0.148. The number of nitrogens with zero attached hydrogens (tertiary/aromatic N) is 3. The van der Waals surface area contributed by atoms with Gasteiger partial charge in [0, 0.05) is 17.8 Å². The van der Waals surface area contributed by atoms with Gasteiger partial charge in [0.05, 0.1) is 12.3 Å². The highest BCUT2D eigenvalue weighted by Gasteiger charge is 2.15. The molecular weight excluding hydrogens is 398 g/mol. The Kier molecular flexibility index (Phi) is 7.24. The molecule has 0 spiro atoms. The average molecular weight is 424 g/mol. The molecule has 156 valence electrons. The van der Waals surface area contributed by atoms with Crippen molar-refractivity contribution in [3.05, 3.63) is 71.0 Å². The van der Waals surface area contributed by atoms with Crippen molar-refractivity contribution in [1.29, 1.82) is 0 Å². The summed E-state index contributed by atoms with van der Waals surface area (Å²) >= 11 is 1.32. The van der Waals surface area contributed by atoms with Crippen LogP contribution in [-0.4, -0.2) is 32.3 Å². The number of amides is 2. The van der Waals surface area contributed by atoms with Gasteiger partial charge >= 0.3 is 0 Å². The first-order valence-electron chi connectivity index (χ1n) is 9.73. The molecule has 0 aliphatic carbocycles. The third-order valence-corrected chi connectivity index (χ3v) is 5.51. The van der Waals surface area contributed by atoms with E-state index in [1.54, 1.807) is 6.07 Å². The molecule has 0 fully saturated rings. The van der Waals surface area contributed by atoms with E-state index in [1.807, 2.05) is 67.8 Å². The van der Waals surface area contributed by atoms with Crippen molar-refractivity contribution < 1.29 is 9.59 Å². The first kappa shape index (κ1) is 21.6. The minimum Gasteiger partial charge on any atom is -0.345 e. The predicted octanol–water partition coefficient (Wildman–Crippen LogP) is 3.58. The summed E-state index contributed by atoms with van der Waals surface area (Å²) in [5, 5.41) is 14.8. The van der Waals surface area contributed by atoms with Gasteiger partial charge in [0.25, 0.3) is 5.91 Å². The third kappa shape index (κ3) is 5.48. The molecule has 3 aromatic rings. The van der Waals surface area contributed by atoms with E-state index in [1.165, 1.54) is 11.8 Å². The van der Waals surface area contributed by atoms with Gasteiger partial charge in [0.2, 0.25) is 5.91 Å². The fourth-order valence-corrected chi connectivity index (χ4v) is 3.83. The standard InChI is InChI=1S/C22H25N5O2S/c1-4-27-19(13-23-21(29)18-11-6-5-9-16(18)3)25-26-22(27)30-14-20(28)24-17-10-7-8-15(2)12-17/h5-12H,4,13-14H2,1-3H3,(H,23,29)(H,24,28). The number of carbonyl (C=O) groups excluding carboxylic acids is 2. The lowest BCUT2D eigenvalue weighted by Gasteiger charge is -2.10. The van der Waals surface area contributed by atoms with Crippen molar-refractivity contribution in [3.63, 3.8) is 0 Å². The van der Waals surface area contributed by atoms with E-state index in [9.17, 15) is 9.59 Å². The molecule has 0 aliphatic heterocycles. The van der Waals surface area contributed by atoms with Crippen LogP contribution in [0.2, 0.25) is 0 Å². The fraction of sp³-hybridized carbons (Fsp3) is 0.273. The molecule has 0 saturated heterocycles. The van der Waals surface area contributed by atoms with Crippen LogP contribution in [0.1, 0.15) is 34.2 Å². The second-order valence-electron chi connectivity index (χ2n) is 6.85. The van der Waals surface area contributed by atoms with Crippen LogP contribution >= 0.6 is 11.8 Å². The summed E-state index contributed by atoms with van der Waals surface area (Å²) in [6.45, 7) is 6.77. The molecule has 0 unspecified atom stereocenters. The molecule has 1 aromatic heterocycles. The van der Waals surface area contributed by atoms with E-state index in [2.05, 4.69) is 20.8 Å². The Morgan fingerprint density at radius 1 is 1.07 bits per heavy atom. The Balaban J connectivity index is 1.58. The first-order chi connectivity index (χ1) is 14.5. The summed E-state index contributed by atoms with van der Waals surface area (Å²) in [4.78, 5) is 24.7. The Labute approximate surface area is 180 Å². The normalized spacial score (nSPS) is 10.6. The molecule has 2 aromatic carbocycles. The smallest absolute Gasteiger partial charge is 0.251 e. The van der Waals surface area contributed by atoms with Crippen molar-refractivity contribution in [2.24, 2.45) is 0 Å². The summed E-state index contributed by atoms with van der Waals surface area (Å²) in [5.41, 5.74) is 3.42. The predicted molar refractivity (Wildman–Crippen MR) is 119 cm³/mol. The number of aromatic nitrogens is 3. The largest absolute Gasteiger partial charge is 0.345 e. The molecule has 0 atom stereocenters. The quantitative estimate of drug-likeness (QED) is 0.541. The van der Waals surface area contributed by atoms with E-state index in [0.717, 1.165) is 16.8 Å². The summed E-state index contributed by atoms with van der Waals surface area (Å²) in [6, 6.07) is 15.1. The van der Waals surface area contributed by atoms with E-state index in [-0.39, 0.29) is 24.1 Å². The summed E-state index contributed by atoms with van der Waals surface area (Å²) < 4.78 is 1.91. The number of aryl methyl sites for hydroxylation is 2. The molecule has 3 rings (SSSR count). The van der Waals surface area contributed by atoms with Crippen LogP contribution in [0, 0.1) is 13.8 Å². The molecule has 1 heterocycles. The Morgan fingerprint density at radius 3 is 2.60 bits per heavy atom. The zero-order chi connectivity index (χ0) is 21.5. The van der Waals surface area contributed by atoms with Crippen molar-refractivity contribution in [1.82, 2.24) is 20.1 Å². The van der Waals surface area contributed by atoms with Gasteiger partial charge in [-0.15, -0.1) is 10.2 Å². The van der Waals surface area contributed by atoms with Gasteiger partial charge in [0.15, 0.2) is 11.0 Å². The SMILES string of the molecule is CCn1c(CNC(=O)c2ccccc2C)nnc1SCC(=O)Nc1cccc(C)c1. The second-order valence-corrected chi connectivity index (χ2v) is 7.79. The molecule has 8 heteroatoms.